The molecule has 1 unspecified atom stereocenters. The van der Waals surface area contributed by atoms with Crippen LogP contribution < -0.4 is 5.32 Å². The SMILES string of the molecule is CNc1ccccc1C(=O)N1CCCC1C1CCCC1. The molecule has 20 heavy (non-hydrogen) atoms. The van der Waals surface area contributed by atoms with Crippen molar-refractivity contribution in [3.63, 3.8) is 0 Å². The van der Waals surface area contributed by atoms with Gasteiger partial charge in [0.05, 0.1) is 5.56 Å². The Morgan fingerprint density at radius 2 is 1.90 bits per heavy atom. The van der Waals surface area contributed by atoms with E-state index in [1.807, 2.05) is 31.3 Å². The van der Waals surface area contributed by atoms with Gasteiger partial charge >= 0.3 is 0 Å². The summed E-state index contributed by atoms with van der Waals surface area (Å²) in [6.45, 7) is 0.929. The van der Waals surface area contributed by atoms with Crippen LogP contribution in [-0.2, 0) is 0 Å². The molecule has 2 aliphatic rings. The van der Waals surface area contributed by atoms with E-state index in [0.29, 0.717) is 6.04 Å². The molecule has 3 rings (SSSR count). The summed E-state index contributed by atoms with van der Waals surface area (Å²) in [4.78, 5) is 15.0. The van der Waals surface area contributed by atoms with Crippen molar-refractivity contribution in [2.24, 2.45) is 5.92 Å². The highest BCUT2D eigenvalue weighted by Crippen LogP contribution is 2.36. The second-order valence-corrected chi connectivity index (χ2v) is 6.05. The van der Waals surface area contributed by atoms with Gasteiger partial charge in [-0.1, -0.05) is 25.0 Å². The average Bonchev–Trinajstić information content (AvgIpc) is 3.16. The van der Waals surface area contributed by atoms with E-state index in [2.05, 4.69) is 10.2 Å². The van der Waals surface area contributed by atoms with Crippen LogP contribution in [0.25, 0.3) is 0 Å². The van der Waals surface area contributed by atoms with E-state index in [4.69, 9.17) is 0 Å². The third-order valence-corrected chi connectivity index (χ3v) is 4.93. The van der Waals surface area contributed by atoms with Crippen molar-refractivity contribution in [2.75, 3.05) is 18.9 Å². The Morgan fingerprint density at radius 1 is 1.15 bits per heavy atom. The number of amides is 1. The maximum absolute atomic E-state index is 12.9. The first kappa shape index (κ1) is 13.5. The van der Waals surface area contributed by atoms with Crippen LogP contribution in [0.3, 0.4) is 0 Å². The van der Waals surface area contributed by atoms with Gasteiger partial charge in [0.2, 0.25) is 0 Å². The standard InChI is InChI=1S/C17H24N2O/c1-18-15-10-5-4-9-14(15)17(20)19-12-6-11-16(19)13-7-2-3-8-13/h4-5,9-10,13,16,18H,2-3,6-8,11-12H2,1H3. The highest BCUT2D eigenvalue weighted by Gasteiger charge is 2.36. The Labute approximate surface area is 121 Å². The van der Waals surface area contributed by atoms with Crippen LogP contribution in [0.4, 0.5) is 5.69 Å². The van der Waals surface area contributed by atoms with Crippen molar-refractivity contribution in [1.82, 2.24) is 4.90 Å². The average molecular weight is 272 g/mol. The second kappa shape index (κ2) is 5.86. The summed E-state index contributed by atoms with van der Waals surface area (Å²) in [5.41, 5.74) is 1.76. The molecule has 1 amide bonds. The zero-order chi connectivity index (χ0) is 13.9. The summed E-state index contributed by atoms with van der Waals surface area (Å²) >= 11 is 0. The third kappa shape index (κ3) is 2.41. The summed E-state index contributed by atoms with van der Waals surface area (Å²) in [6, 6.07) is 8.33. The number of nitrogens with zero attached hydrogens (tertiary/aromatic N) is 1. The highest BCUT2D eigenvalue weighted by molar-refractivity contribution is 5.99. The van der Waals surface area contributed by atoms with Crippen LogP contribution in [0.5, 0.6) is 0 Å². The maximum atomic E-state index is 12.9. The van der Waals surface area contributed by atoms with E-state index < -0.39 is 0 Å². The molecule has 1 saturated heterocycles. The van der Waals surface area contributed by atoms with Crippen LogP contribution in [0.15, 0.2) is 24.3 Å². The van der Waals surface area contributed by atoms with Gasteiger partial charge < -0.3 is 10.2 Å². The molecule has 3 heteroatoms. The fourth-order valence-electron chi connectivity index (χ4n) is 3.92. The molecule has 1 heterocycles. The van der Waals surface area contributed by atoms with E-state index in [1.165, 1.54) is 32.1 Å². The minimum Gasteiger partial charge on any atom is -0.387 e. The monoisotopic (exact) mass is 272 g/mol. The lowest BCUT2D eigenvalue weighted by molar-refractivity contribution is 0.0690. The van der Waals surface area contributed by atoms with Crippen LogP contribution in [0, 0.1) is 5.92 Å². The third-order valence-electron chi connectivity index (χ3n) is 4.93. The molecule has 108 valence electrons. The first-order valence-electron chi connectivity index (χ1n) is 7.89. The van der Waals surface area contributed by atoms with Crippen molar-refractivity contribution in [2.45, 2.75) is 44.6 Å². The van der Waals surface area contributed by atoms with Gasteiger partial charge in [-0.05, 0) is 43.7 Å². The number of rotatable bonds is 3. The number of para-hydroxylation sites is 1. The number of nitrogens with one attached hydrogen (secondary N) is 1. The largest absolute Gasteiger partial charge is 0.387 e. The molecule has 0 bridgehead atoms. The predicted octanol–water partition coefficient (Wildman–Crippen LogP) is 3.52. The molecular weight excluding hydrogens is 248 g/mol. The topological polar surface area (TPSA) is 32.3 Å². The van der Waals surface area contributed by atoms with Crippen LogP contribution >= 0.6 is 0 Å². The Hall–Kier alpha value is -1.51. The Kier molecular flexibility index (Phi) is 3.95. The smallest absolute Gasteiger partial charge is 0.256 e. The van der Waals surface area contributed by atoms with Gasteiger partial charge in [0.25, 0.3) is 5.91 Å². The number of anilines is 1. The number of hydrogen-bond donors (Lipinski definition) is 1. The summed E-state index contributed by atoms with van der Waals surface area (Å²) < 4.78 is 0. The Bertz CT molecular complexity index is 480. The molecule has 1 aromatic carbocycles. The molecule has 2 fully saturated rings. The number of benzene rings is 1. The molecule has 1 atom stereocenters. The lowest BCUT2D eigenvalue weighted by Crippen LogP contribution is -2.39. The normalized spacial score (nSPS) is 23.2. The summed E-state index contributed by atoms with van der Waals surface area (Å²) in [7, 11) is 1.88. The maximum Gasteiger partial charge on any atom is 0.256 e. The molecule has 0 aromatic heterocycles. The van der Waals surface area contributed by atoms with Crippen LogP contribution in [0.2, 0.25) is 0 Å². The summed E-state index contributed by atoms with van der Waals surface area (Å²) in [6.07, 6.45) is 7.66. The predicted molar refractivity (Wildman–Crippen MR) is 82.0 cm³/mol. The molecule has 1 N–H and O–H groups in total. The number of hydrogen-bond acceptors (Lipinski definition) is 2. The molecule has 1 aliphatic heterocycles. The van der Waals surface area contributed by atoms with E-state index in [1.54, 1.807) is 0 Å². The molecule has 3 nitrogen and oxygen atoms in total. The Balaban J connectivity index is 1.81. The first-order chi connectivity index (χ1) is 9.81. The fourth-order valence-corrected chi connectivity index (χ4v) is 3.92. The molecule has 1 aromatic rings. The van der Waals surface area contributed by atoms with Gasteiger partial charge in [-0.25, -0.2) is 0 Å². The molecule has 1 aliphatic carbocycles. The van der Waals surface area contributed by atoms with Crippen molar-refractivity contribution in [1.29, 1.82) is 0 Å². The zero-order valence-corrected chi connectivity index (χ0v) is 12.3. The van der Waals surface area contributed by atoms with Crippen molar-refractivity contribution >= 4 is 11.6 Å². The minimum absolute atomic E-state index is 0.212. The molecule has 1 saturated carbocycles. The molecular formula is C17H24N2O. The molecule has 0 spiro atoms. The van der Waals surface area contributed by atoms with Crippen molar-refractivity contribution < 1.29 is 4.79 Å². The van der Waals surface area contributed by atoms with Gasteiger partial charge in [-0.3, -0.25) is 4.79 Å². The van der Waals surface area contributed by atoms with Crippen LogP contribution in [-0.4, -0.2) is 30.4 Å². The summed E-state index contributed by atoms with van der Waals surface area (Å²) in [5, 5.41) is 3.14. The van der Waals surface area contributed by atoms with Gasteiger partial charge in [-0.2, -0.15) is 0 Å². The van der Waals surface area contributed by atoms with Crippen LogP contribution in [0.1, 0.15) is 48.9 Å². The second-order valence-electron chi connectivity index (χ2n) is 6.05. The van der Waals surface area contributed by atoms with Gasteiger partial charge in [0.15, 0.2) is 0 Å². The number of carbonyl (C=O) groups is 1. The summed E-state index contributed by atoms with van der Waals surface area (Å²) in [5.74, 6) is 0.951. The Morgan fingerprint density at radius 3 is 2.65 bits per heavy atom. The van der Waals surface area contributed by atoms with Crippen molar-refractivity contribution in [3.05, 3.63) is 29.8 Å². The lowest BCUT2D eigenvalue weighted by atomic mass is 9.95. The van der Waals surface area contributed by atoms with Gasteiger partial charge in [0.1, 0.15) is 0 Å². The quantitative estimate of drug-likeness (QED) is 0.913. The lowest BCUT2D eigenvalue weighted by Gasteiger charge is -2.30. The van der Waals surface area contributed by atoms with Gasteiger partial charge in [-0.15, -0.1) is 0 Å². The van der Waals surface area contributed by atoms with Crippen molar-refractivity contribution in [3.8, 4) is 0 Å². The zero-order valence-electron chi connectivity index (χ0n) is 12.3. The highest BCUT2D eigenvalue weighted by atomic mass is 16.2. The van der Waals surface area contributed by atoms with Gasteiger partial charge in [0, 0.05) is 25.3 Å². The van der Waals surface area contributed by atoms with E-state index in [-0.39, 0.29) is 5.91 Å². The molecule has 0 radical (unpaired) electrons. The van der Waals surface area contributed by atoms with E-state index in [9.17, 15) is 4.79 Å². The van der Waals surface area contributed by atoms with E-state index in [0.717, 1.165) is 30.1 Å². The minimum atomic E-state index is 0.212. The fraction of sp³-hybridized carbons (Fsp3) is 0.588. The number of likely N-dealkylation sites (tertiary alicyclic amines) is 1. The number of carbonyl (C=O) groups excluding carboxylic acids is 1. The van der Waals surface area contributed by atoms with E-state index >= 15 is 0 Å². The first-order valence-corrected chi connectivity index (χ1v) is 7.89.